The van der Waals surface area contributed by atoms with Crippen LogP contribution < -0.4 is 0 Å². The Kier molecular flexibility index (Phi) is 5.37. The Bertz CT molecular complexity index is 625. The smallest absolute Gasteiger partial charge is 0.162 e. The van der Waals surface area contributed by atoms with E-state index in [1.807, 2.05) is 13.8 Å². The number of rotatable bonds is 4. The van der Waals surface area contributed by atoms with Crippen molar-refractivity contribution in [3.8, 4) is 6.07 Å². The Hall–Kier alpha value is -0.590. The van der Waals surface area contributed by atoms with Crippen LogP contribution in [0, 0.1) is 51.8 Å². The summed E-state index contributed by atoms with van der Waals surface area (Å²) in [4.78, 5) is 0. The van der Waals surface area contributed by atoms with E-state index in [-0.39, 0.29) is 11.7 Å². The molecule has 3 heteroatoms. The molecule has 0 spiro atoms. The molecule has 0 aliphatic heterocycles. The summed E-state index contributed by atoms with van der Waals surface area (Å²) in [6, 6.07) is 2.67. The van der Waals surface area contributed by atoms with Gasteiger partial charge in [-0.15, -0.1) is 0 Å². The molecule has 0 radical (unpaired) electrons. The van der Waals surface area contributed by atoms with Crippen LogP contribution in [-0.4, -0.2) is 18.5 Å². The van der Waals surface area contributed by atoms with Gasteiger partial charge in [-0.2, -0.15) is 5.26 Å². The van der Waals surface area contributed by atoms with Gasteiger partial charge in [0.15, 0.2) is 11.9 Å². The summed E-state index contributed by atoms with van der Waals surface area (Å²) < 4.78 is 12.1. The van der Waals surface area contributed by atoms with Crippen molar-refractivity contribution in [3.63, 3.8) is 0 Å². The van der Waals surface area contributed by atoms with Crippen molar-refractivity contribution in [1.82, 2.24) is 0 Å². The zero-order valence-electron chi connectivity index (χ0n) is 18.8. The van der Waals surface area contributed by atoms with Gasteiger partial charge in [-0.3, -0.25) is 0 Å². The van der Waals surface area contributed by atoms with Gasteiger partial charge in [0.25, 0.3) is 0 Å². The van der Waals surface area contributed by atoms with Crippen LogP contribution in [0.1, 0.15) is 92.4 Å². The van der Waals surface area contributed by atoms with Gasteiger partial charge in [0.1, 0.15) is 0 Å². The molecular weight excluding hydrogens is 346 g/mol. The third-order valence-corrected chi connectivity index (χ3v) is 9.56. The fraction of sp³-hybridized carbons (Fsp3) is 0.960. The number of hydrogen-bond donors (Lipinski definition) is 0. The summed E-state index contributed by atoms with van der Waals surface area (Å²) in [6.45, 7) is 11.9. The zero-order valence-corrected chi connectivity index (χ0v) is 18.8. The lowest BCUT2D eigenvalue weighted by molar-refractivity contribution is -0.223. The highest BCUT2D eigenvalue weighted by atomic mass is 16.7. The number of hydrogen-bond acceptors (Lipinski definition) is 3. The molecule has 0 aromatic heterocycles. The van der Waals surface area contributed by atoms with Crippen LogP contribution in [0.3, 0.4) is 0 Å². The topological polar surface area (TPSA) is 42.2 Å². The highest BCUT2D eigenvalue weighted by molar-refractivity contribution is 5.21. The van der Waals surface area contributed by atoms with Gasteiger partial charge in [-0.05, 0) is 107 Å². The van der Waals surface area contributed by atoms with Crippen LogP contribution in [0.25, 0.3) is 0 Å². The standard InChI is InChI=1S/C25H41NO2/c1-6-27-17(2)28-25(16-26)14-11-22-21-8-7-18-15-23(3,4)12-9-19(18)20(21)10-13-24(22,25)5/h17-22H,6-15H2,1-5H3/t17?,18-,19+,20-,21-,22+,24+,25?/m1/s1. The molecule has 158 valence electrons. The van der Waals surface area contributed by atoms with Crippen molar-refractivity contribution >= 4 is 0 Å². The van der Waals surface area contributed by atoms with Gasteiger partial charge in [-0.25, -0.2) is 0 Å². The molecule has 2 unspecified atom stereocenters. The maximum Gasteiger partial charge on any atom is 0.162 e. The molecule has 4 saturated carbocycles. The minimum absolute atomic E-state index is 0.0188. The van der Waals surface area contributed by atoms with Crippen molar-refractivity contribution < 1.29 is 9.47 Å². The molecule has 0 bridgehead atoms. The Morgan fingerprint density at radius 3 is 2.43 bits per heavy atom. The normalized spacial score (nSPS) is 48.1. The Balaban J connectivity index is 1.54. The fourth-order valence-corrected chi connectivity index (χ4v) is 8.26. The summed E-state index contributed by atoms with van der Waals surface area (Å²) in [7, 11) is 0. The highest BCUT2D eigenvalue weighted by Gasteiger charge is 2.65. The van der Waals surface area contributed by atoms with E-state index in [1.165, 1.54) is 38.5 Å². The summed E-state index contributed by atoms with van der Waals surface area (Å²) in [5, 5.41) is 10.2. The maximum absolute atomic E-state index is 10.2. The molecule has 8 atom stereocenters. The zero-order chi connectivity index (χ0) is 20.2. The second kappa shape index (κ2) is 7.28. The first kappa shape index (κ1) is 20.7. The lowest BCUT2D eigenvalue weighted by atomic mass is 9.48. The highest BCUT2D eigenvalue weighted by Crippen LogP contribution is 2.66. The second-order valence-electron chi connectivity index (χ2n) is 11.4. The predicted molar refractivity (Wildman–Crippen MR) is 111 cm³/mol. The SMILES string of the molecule is CCOC(C)OC1(C#N)CC[C@H]2[C@@H]3CC[C@@H]4CC(C)(C)CC[C@@H]4[C@H]3CC[C@@]21C. The summed E-state index contributed by atoms with van der Waals surface area (Å²) in [5.74, 6) is 4.24. The molecule has 0 aromatic carbocycles. The molecule has 0 N–H and O–H groups in total. The molecule has 3 nitrogen and oxygen atoms in total. The molecule has 4 rings (SSSR count). The van der Waals surface area contributed by atoms with E-state index in [1.54, 1.807) is 0 Å². The van der Waals surface area contributed by atoms with Crippen molar-refractivity contribution in [2.24, 2.45) is 40.4 Å². The van der Waals surface area contributed by atoms with Gasteiger partial charge in [0, 0.05) is 12.0 Å². The molecule has 0 aromatic rings. The van der Waals surface area contributed by atoms with Crippen LogP contribution in [0.15, 0.2) is 0 Å². The third-order valence-electron chi connectivity index (χ3n) is 9.56. The Morgan fingerprint density at radius 2 is 1.71 bits per heavy atom. The van der Waals surface area contributed by atoms with E-state index in [0.717, 1.165) is 42.9 Å². The van der Waals surface area contributed by atoms with Crippen LogP contribution >= 0.6 is 0 Å². The Labute approximate surface area is 172 Å². The van der Waals surface area contributed by atoms with E-state index < -0.39 is 5.60 Å². The molecule has 4 aliphatic rings. The minimum Gasteiger partial charge on any atom is -0.353 e. The second-order valence-corrected chi connectivity index (χ2v) is 11.4. The van der Waals surface area contributed by atoms with Gasteiger partial charge in [-0.1, -0.05) is 20.8 Å². The van der Waals surface area contributed by atoms with Gasteiger partial charge in [0.2, 0.25) is 0 Å². The first-order chi connectivity index (χ1) is 13.3. The van der Waals surface area contributed by atoms with Crippen LogP contribution in [0.5, 0.6) is 0 Å². The van der Waals surface area contributed by atoms with Crippen molar-refractivity contribution in [1.29, 1.82) is 5.26 Å². The van der Waals surface area contributed by atoms with E-state index in [0.29, 0.717) is 17.9 Å². The lowest BCUT2D eigenvalue weighted by Crippen LogP contribution is -2.55. The van der Waals surface area contributed by atoms with E-state index in [9.17, 15) is 5.26 Å². The van der Waals surface area contributed by atoms with Gasteiger partial charge >= 0.3 is 0 Å². The molecule has 0 saturated heterocycles. The number of fused-ring (bicyclic) bond motifs is 5. The summed E-state index contributed by atoms with van der Waals surface area (Å²) in [6.07, 6.45) is 11.3. The van der Waals surface area contributed by atoms with Crippen LogP contribution in [-0.2, 0) is 9.47 Å². The van der Waals surface area contributed by atoms with Crippen LogP contribution in [0.4, 0.5) is 0 Å². The maximum atomic E-state index is 10.2. The number of nitrogens with zero attached hydrogens (tertiary/aromatic N) is 1. The molecule has 0 amide bonds. The Morgan fingerprint density at radius 1 is 0.964 bits per heavy atom. The van der Waals surface area contributed by atoms with E-state index in [2.05, 4.69) is 26.8 Å². The molecule has 4 fully saturated rings. The van der Waals surface area contributed by atoms with Crippen molar-refractivity contribution in [2.75, 3.05) is 6.61 Å². The molecule has 28 heavy (non-hydrogen) atoms. The number of ether oxygens (including phenoxy) is 2. The van der Waals surface area contributed by atoms with Gasteiger partial charge < -0.3 is 9.47 Å². The van der Waals surface area contributed by atoms with Crippen molar-refractivity contribution in [3.05, 3.63) is 0 Å². The van der Waals surface area contributed by atoms with E-state index >= 15 is 0 Å². The average molecular weight is 388 g/mol. The largest absolute Gasteiger partial charge is 0.353 e. The summed E-state index contributed by atoms with van der Waals surface area (Å²) >= 11 is 0. The first-order valence-electron chi connectivity index (χ1n) is 12.0. The summed E-state index contributed by atoms with van der Waals surface area (Å²) in [5.41, 5.74) is -0.137. The molecular formula is C25H41NO2. The molecule has 4 aliphatic carbocycles. The van der Waals surface area contributed by atoms with Gasteiger partial charge in [0.05, 0.1) is 6.07 Å². The number of nitriles is 1. The monoisotopic (exact) mass is 387 g/mol. The van der Waals surface area contributed by atoms with Crippen molar-refractivity contribution in [2.45, 2.75) is 104 Å². The average Bonchev–Trinajstić information content (AvgIpc) is 2.93. The predicted octanol–water partition coefficient (Wildman–Crippen LogP) is 6.33. The first-order valence-corrected chi connectivity index (χ1v) is 12.0. The van der Waals surface area contributed by atoms with Crippen LogP contribution in [0.2, 0.25) is 0 Å². The van der Waals surface area contributed by atoms with E-state index in [4.69, 9.17) is 9.47 Å². The lowest BCUT2D eigenvalue weighted by Gasteiger charge is -2.58. The fourth-order valence-electron chi connectivity index (χ4n) is 8.26. The third kappa shape index (κ3) is 3.14. The minimum atomic E-state index is -0.664. The quantitative estimate of drug-likeness (QED) is 0.530. The molecule has 0 heterocycles.